The third-order valence-corrected chi connectivity index (χ3v) is 1.81. The predicted molar refractivity (Wildman–Crippen MR) is 48.4 cm³/mol. The highest BCUT2D eigenvalue weighted by Crippen LogP contribution is 2.18. The summed E-state index contributed by atoms with van der Waals surface area (Å²) >= 11 is 0. The minimum Gasteiger partial charge on any atom is -0.424 e. The van der Waals surface area contributed by atoms with E-state index in [-0.39, 0.29) is 11.8 Å². The SMILES string of the molecule is CC(=O)c1ccc2oc(N)nc2c1. The molecule has 4 nitrogen and oxygen atoms in total. The summed E-state index contributed by atoms with van der Waals surface area (Å²) in [4.78, 5) is 14.9. The minimum atomic E-state index is 0.00321. The summed E-state index contributed by atoms with van der Waals surface area (Å²) in [7, 11) is 0. The van der Waals surface area contributed by atoms with Crippen molar-refractivity contribution in [2.75, 3.05) is 5.73 Å². The van der Waals surface area contributed by atoms with Crippen LogP contribution in [-0.2, 0) is 0 Å². The average Bonchev–Trinajstić information content (AvgIpc) is 2.42. The first-order chi connectivity index (χ1) is 6.16. The fraction of sp³-hybridized carbons (Fsp3) is 0.111. The summed E-state index contributed by atoms with van der Waals surface area (Å²) in [6, 6.07) is 5.16. The van der Waals surface area contributed by atoms with Crippen molar-refractivity contribution in [1.29, 1.82) is 0 Å². The Balaban J connectivity index is 2.67. The number of oxazole rings is 1. The number of carbonyl (C=O) groups excluding carboxylic acids is 1. The van der Waals surface area contributed by atoms with Gasteiger partial charge in [-0.25, -0.2) is 0 Å². The largest absolute Gasteiger partial charge is 0.424 e. The van der Waals surface area contributed by atoms with E-state index in [1.807, 2.05) is 0 Å². The van der Waals surface area contributed by atoms with E-state index >= 15 is 0 Å². The van der Waals surface area contributed by atoms with Gasteiger partial charge in [-0.3, -0.25) is 4.79 Å². The van der Waals surface area contributed by atoms with Crippen molar-refractivity contribution in [3.8, 4) is 0 Å². The number of Topliss-reactive ketones (excluding diaryl/α,β-unsaturated/α-hetero) is 1. The third-order valence-electron chi connectivity index (χ3n) is 1.81. The number of aromatic nitrogens is 1. The molecule has 0 bridgehead atoms. The molecule has 1 heterocycles. The molecule has 66 valence electrons. The summed E-state index contributed by atoms with van der Waals surface area (Å²) in [5.74, 6) is 0.00321. The number of nitrogens with zero attached hydrogens (tertiary/aromatic N) is 1. The molecule has 1 aromatic carbocycles. The first-order valence-corrected chi connectivity index (χ1v) is 3.84. The van der Waals surface area contributed by atoms with E-state index in [1.54, 1.807) is 18.2 Å². The Morgan fingerprint density at radius 2 is 2.31 bits per heavy atom. The number of hydrogen-bond donors (Lipinski definition) is 1. The molecule has 0 atom stereocenters. The van der Waals surface area contributed by atoms with Crippen LogP contribution in [0.3, 0.4) is 0 Å². The van der Waals surface area contributed by atoms with Crippen LogP contribution in [0.15, 0.2) is 22.6 Å². The maximum atomic E-state index is 11.0. The zero-order valence-electron chi connectivity index (χ0n) is 7.07. The second-order valence-electron chi connectivity index (χ2n) is 2.79. The monoisotopic (exact) mass is 176 g/mol. The van der Waals surface area contributed by atoms with E-state index in [9.17, 15) is 4.79 Å². The average molecular weight is 176 g/mol. The van der Waals surface area contributed by atoms with Crippen LogP contribution >= 0.6 is 0 Å². The van der Waals surface area contributed by atoms with Crippen molar-refractivity contribution in [2.45, 2.75) is 6.92 Å². The minimum absolute atomic E-state index is 0.00321. The van der Waals surface area contributed by atoms with E-state index in [0.29, 0.717) is 16.7 Å². The number of benzene rings is 1. The van der Waals surface area contributed by atoms with Crippen LogP contribution in [0.5, 0.6) is 0 Å². The van der Waals surface area contributed by atoms with E-state index in [0.717, 1.165) is 0 Å². The molecule has 0 aliphatic rings. The van der Waals surface area contributed by atoms with Gasteiger partial charge in [0.05, 0.1) is 0 Å². The van der Waals surface area contributed by atoms with Crippen molar-refractivity contribution in [3.63, 3.8) is 0 Å². The van der Waals surface area contributed by atoms with Crippen molar-refractivity contribution >= 4 is 22.9 Å². The van der Waals surface area contributed by atoms with E-state index < -0.39 is 0 Å². The van der Waals surface area contributed by atoms with Gasteiger partial charge >= 0.3 is 0 Å². The maximum Gasteiger partial charge on any atom is 0.292 e. The molecule has 0 aliphatic heterocycles. The van der Waals surface area contributed by atoms with Crippen molar-refractivity contribution in [1.82, 2.24) is 4.98 Å². The smallest absolute Gasteiger partial charge is 0.292 e. The Hall–Kier alpha value is -1.84. The van der Waals surface area contributed by atoms with Gasteiger partial charge in [0, 0.05) is 5.56 Å². The first kappa shape index (κ1) is 7.79. The predicted octanol–water partition coefficient (Wildman–Crippen LogP) is 1.61. The van der Waals surface area contributed by atoms with Gasteiger partial charge in [0.15, 0.2) is 11.4 Å². The van der Waals surface area contributed by atoms with Crippen LogP contribution in [0.25, 0.3) is 11.1 Å². The molecule has 2 aromatic rings. The van der Waals surface area contributed by atoms with Crippen LogP contribution in [0, 0.1) is 0 Å². The number of nitrogen functional groups attached to an aromatic ring is 1. The van der Waals surface area contributed by atoms with Gasteiger partial charge < -0.3 is 10.2 Å². The summed E-state index contributed by atoms with van der Waals surface area (Å²) in [6.45, 7) is 1.50. The van der Waals surface area contributed by atoms with Crippen molar-refractivity contribution in [3.05, 3.63) is 23.8 Å². The molecular weight excluding hydrogens is 168 g/mol. The van der Waals surface area contributed by atoms with Crippen LogP contribution in [0.1, 0.15) is 17.3 Å². The second kappa shape index (κ2) is 2.58. The molecule has 2 N–H and O–H groups in total. The van der Waals surface area contributed by atoms with Crippen LogP contribution in [0.2, 0.25) is 0 Å². The number of anilines is 1. The quantitative estimate of drug-likeness (QED) is 0.670. The van der Waals surface area contributed by atoms with Gasteiger partial charge in [0.1, 0.15) is 5.52 Å². The Kier molecular flexibility index (Phi) is 1.55. The second-order valence-corrected chi connectivity index (χ2v) is 2.79. The lowest BCUT2D eigenvalue weighted by Gasteiger charge is -1.92. The first-order valence-electron chi connectivity index (χ1n) is 3.84. The number of rotatable bonds is 1. The van der Waals surface area contributed by atoms with Gasteiger partial charge in [-0.2, -0.15) is 4.98 Å². The third kappa shape index (κ3) is 1.26. The fourth-order valence-corrected chi connectivity index (χ4v) is 1.16. The summed E-state index contributed by atoms with van der Waals surface area (Å²) in [5, 5.41) is 0. The lowest BCUT2D eigenvalue weighted by Crippen LogP contribution is -1.90. The molecular formula is C9H8N2O2. The van der Waals surface area contributed by atoms with E-state index in [2.05, 4.69) is 4.98 Å². The van der Waals surface area contributed by atoms with Gasteiger partial charge in [0.2, 0.25) is 0 Å². The molecule has 0 amide bonds. The fourth-order valence-electron chi connectivity index (χ4n) is 1.16. The molecule has 1 aromatic heterocycles. The maximum absolute atomic E-state index is 11.0. The summed E-state index contributed by atoms with van der Waals surface area (Å²) in [5.41, 5.74) is 7.18. The lowest BCUT2D eigenvalue weighted by atomic mass is 10.1. The van der Waals surface area contributed by atoms with Crippen LogP contribution in [-0.4, -0.2) is 10.8 Å². The normalized spacial score (nSPS) is 10.5. The Labute approximate surface area is 74.4 Å². The summed E-state index contributed by atoms with van der Waals surface area (Å²) < 4.78 is 5.06. The molecule has 0 saturated carbocycles. The standard InChI is InChI=1S/C9H8N2O2/c1-5(12)6-2-3-8-7(4-6)11-9(10)13-8/h2-4H,1H3,(H2,10,11). The van der Waals surface area contributed by atoms with Crippen molar-refractivity contribution < 1.29 is 9.21 Å². The van der Waals surface area contributed by atoms with Crippen molar-refractivity contribution in [2.24, 2.45) is 0 Å². The molecule has 0 fully saturated rings. The van der Waals surface area contributed by atoms with E-state index in [1.165, 1.54) is 6.92 Å². The zero-order valence-corrected chi connectivity index (χ0v) is 7.07. The Morgan fingerprint density at radius 1 is 1.54 bits per heavy atom. The van der Waals surface area contributed by atoms with Gasteiger partial charge in [-0.1, -0.05) is 0 Å². The number of fused-ring (bicyclic) bond motifs is 1. The molecule has 0 aliphatic carbocycles. The van der Waals surface area contributed by atoms with Gasteiger partial charge in [-0.15, -0.1) is 0 Å². The lowest BCUT2D eigenvalue weighted by molar-refractivity contribution is 0.101. The molecule has 0 unspecified atom stereocenters. The number of nitrogens with two attached hydrogens (primary N) is 1. The molecule has 13 heavy (non-hydrogen) atoms. The highest BCUT2D eigenvalue weighted by Gasteiger charge is 2.05. The van der Waals surface area contributed by atoms with Gasteiger partial charge in [-0.05, 0) is 25.1 Å². The topological polar surface area (TPSA) is 69.1 Å². The van der Waals surface area contributed by atoms with Gasteiger partial charge in [0.25, 0.3) is 6.01 Å². The Morgan fingerprint density at radius 3 is 3.00 bits per heavy atom. The molecule has 4 heteroatoms. The summed E-state index contributed by atoms with van der Waals surface area (Å²) in [6.07, 6.45) is 0. The number of carbonyl (C=O) groups is 1. The number of ketones is 1. The highest BCUT2D eigenvalue weighted by molar-refractivity contribution is 5.97. The zero-order chi connectivity index (χ0) is 9.42. The Bertz CT molecular complexity index is 473. The molecule has 2 rings (SSSR count). The molecule has 0 spiro atoms. The van der Waals surface area contributed by atoms with E-state index in [4.69, 9.17) is 10.2 Å². The van der Waals surface area contributed by atoms with Crippen LogP contribution in [0.4, 0.5) is 6.01 Å². The van der Waals surface area contributed by atoms with Crippen LogP contribution < -0.4 is 5.73 Å². The molecule has 0 radical (unpaired) electrons. The molecule has 0 saturated heterocycles. The highest BCUT2D eigenvalue weighted by atomic mass is 16.4. The number of hydrogen-bond acceptors (Lipinski definition) is 4.